The molecule has 1 saturated heterocycles. The molecule has 1 fully saturated rings. The third-order valence-corrected chi connectivity index (χ3v) is 5.23. The number of piperidine rings is 1. The van der Waals surface area contributed by atoms with Crippen molar-refractivity contribution in [1.29, 1.82) is 0 Å². The molecule has 7 heteroatoms. The molecule has 30 heavy (non-hydrogen) atoms. The summed E-state index contributed by atoms with van der Waals surface area (Å²) in [6, 6.07) is 12.4. The summed E-state index contributed by atoms with van der Waals surface area (Å²) in [5, 5.41) is 8.45. The molecule has 3 N–H and O–H groups in total. The summed E-state index contributed by atoms with van der Waals surface area (Å²) in [5.74, 6) is 0.618. The summed E-state index contributed by atoms with van der Waals surface area (Å²) in [5.41, 5.74) is 1.62. The van der Waals surface area contributed by atoms with E-state index in [0.717, 1.165) is 24.5 Å². The highest BCUT2D eigenvalue weighted by Crippen LogP contribution is 2.19. The number of aromatic nitrogens is 1. The molecule has 0 radical (unpaired) electrons. The highest BCUT2D eigenvalue weighted by molar-refractivity contribution is 5.97. The first kappa shape index (κ1) is 21.6. The van der Waals surface area contributed by atoms with Gasteiger partial charge < -0.3 is 20.9 Å². The third-order valence-electron chi connectivity index (χ3n) is 5.23. The molecule has 1 aliphatic rings. The fourth-order valence-electron chi connectivity index (χ4n) is 3.50. The average molecular weight is 410 g/mol. The topological polar surface area (TPSA) is 86.4 Å². The highest BCUT2D eigenvalue weighted by Gasteiger charge is 2.24. The quantitative estimate of drug-likeness (QED) is 0.653. The predicted molar refractivity (Wildman–Crippen MR) is 119 cm³/mol. The number of carbonyl (C=O) groups excluding carboxylic acids is 2. The van der Waals surface area contributed by atoms with Gasteiger partial charge in [-0.25, -0.2) is 9.78 Å². The molecule has 1 unspecified atom stereocenters. The smallest absolute Gasteiger partial charge is 0.315 e. The summed E-state index contributed by atoms with van der Waals surface area (Å²) in [4.78, 5) is 31.8. The lowest BCUT2D eigenvalue weighted by atomic mass is 10.0. The van der Waals surface area contributed by atoms with Crippen molar-refractivity contribution >= 4 is 23.4 Å². The molecule has 0 aliphatic carbocycles. The van der Waals surface area contributed by atoms with E-state index in [0.29, 0.717) is 12.2 Å². The molecule has 1 aliphatic heterocycles. The van der Waals surface area contributed by atoms with Gasteiger partial charge in [0, 0.05) is 19.6 Å². The number of nitrogens with zero attached hydrogens (tertiary/aromatic N) is 2. The molecule has 3 rings (SSSR count). The second-order valence-electron chi connectivity index (χ2n) is 7.98. The Labute approximate surface area is 178 Å². The Kier molecular flexibility index (Phi) is 7.65. The molecule has 0 saturated carbocycles. The van der Waals surface area contributed by atoms with Gasteiger partial charge in [-0.1, -0.05) is 44.2 Å². The molecule has 160 valence electrons. The first-order chi connectivity index (χ1) is 14.5. The third kappa shape index (κ3) is 6.20. The van der Waals surface area contributed by atoms with Crippen LogP contribution >= 0.6 is 0 Å². The highest BCUT2D eigenvalue weighted by atomic mass is 16.2. The van der Waals surface area contributed by atoms with Crippen LogP contribution in [0.3, 0.4) is 0 Å². The van der Waals surface area contributed by atoms with Crippen molar-refractivity contribution < 1.29 is 9.59 Å². The van der Waals surface area contributed by atoms with E-state index in [1.54, 1.807) is 6.20 Å². The van der Waals surface area contributed by atoms with E-state index in [-0.39, 0.29) is 17.9 Å². The second kappa shape index (κ2) is 10.6. The monoisotopic (exact) mass is 409 g/mol. The second-order valence-corrected chi connectivity index (χ2v) is 7.98. The van der Waals surface area contributed by atoms with E-state index in [1.165, 1.54) is 19.3 Å². The minimum absolute atomic E-state index is 0.0620. The van der Waals surface area contributed by atoms with Crippen molar-refractivity contribution in [2.45, 2.75) is 45.7 Å². The number of rotatable bonds is 7. The molecule has 1 aromatic heterocycles. The van der Waals surface area contributed by atoms with Gasteiger partial charge in [0.15, 0.2) is 0 Å². The Hall–Kier alpha value is -3.09. The Balaban J connectivity index is 1.53. The zero-order chi connectivity index (χ0) is 21.3. The molecule has 1 atom stereocenters. The van der Waals surface area contributed by atoms with Gasteiger partial charge in [0.1, 0.15) is 11.9 Å². The molecule has 1 aromatic carbocycles. The standard InChI is InChI=1S/C23H31N5O2/c1-17(2)21(27-23(30)25-15-18-9-5-3-6-10-18)22(29)26-19-11-12-20(24-16-19)28-13-7-4-8-14-28/h3,5-6,9-12,16-17,21H,4,7-8,13-15H2,1-2H3,(H,26,29)(H2,25,27,30). The van der Waals surface area contributed by atoms with Gasteiger partial charge >= 0.3 is 6.03 Å². The first-order valence-electron chi connectivity index (χ1n) is 10.6. The Morgan fingerprint density at radius 2 is 1.77 bits per heavy atom. The minimum Gasteiger partial charge on any atom is -0.357 e. The normalized spacial score (nSPS) is 14.8. The summed E-state index contributed by atoms with van der Waals surface area (Å²) in [7, 11) is 0. The number of carbonyl (C=O) groups is 2. The number of urea groups is 1. The van der Waals surface area contributed by atoms with Gasteiger partial charge in [-0.15, -0.1) is 0 Å². The van der Waals surface area contributed by atoms with Crippen molar-refractivity contribution in [3.63, 3.8) is 0 Å². The van der Waals surface area contributed by atoms with Crippen LogP contribution in [0.2, 0.25) is 0 Å². The van der Waals surface area contributed by atoms with Crippen LogP contribution in [0.25, 0.3) is 0 Å². The molecule has 0 bridgehead atoms. The van der Waals surface area contributed by atoms with Crippen LogP contribution < -0.4 is 20.9 Å². The summed E-state index contributed by atoms with van der Waals surface area (Å²) in [6.07, 6.45) is 5.32. The summed E-state index contributed by atoms with van der Waals surface area (Å²) in [6.45, 7) is 6.26. The van der Waals surface area contributed by atoms with E-state index in [9.17, 15) is 9.59 Å². The van der Waals surface area contributed by atoms with E-state index in [4.69, 9.17) is 0 Å². The first-order valence-corrected chi connectivity index (χ1v) is 10.6. The summed E-state index contributed by atoms with van der Waals surface area (Å²) >= 11 is 0. The van der Waals surface area contributed by atoms with E-state index in [1.807, 2.05) is 56.3 Å². The lowest BCUT2D eigenvalue weighted by Gasteiger charge is -2.27. The van der Waals surface area contributed by atoms with Gasteiger partial charge in [0.25, 0.3) is 0 Å². The molecular weight excluding hydrogens is 378 g/mol. The van der Waals surface area contributed by atoms with Crippen LogP contribution in [0.1, 0.15) is 38.7 Å². The zero-order valence-corrected chi connectivity index (χ0v) is 17.7. The van der Waals surface area contributed by atoms with Crippen LogP contribution in [-0.4, -0.2) is 36.1 Å². The average Bonchev–Trinajstić information content (AvgIpc) is 2.77. The van der Waals surface area contributed by atoms with E-state index < -0.39 is 6.04 Å². The fraction of sp³-hybridized carbons (Fsp3) is 0.435. The minimum atomic E-state index is -0.650. The number of hydrogen-bond donors (Lipinski definition) is 3. The maximum atomic E-state index is 12.8. The molecule has 0 spiro atoms. The van der Waals surface area contributed by atoms with Crippen molar-refractivity contribution in [3.8, 4) is 0 Å². The lowest BCUT2D eigenvalue weighted by Crippen LogP contribution is -2.50. The number of nitrogens with one attached hydrogen (secondary N) is 3. The number of benzene rings is 1. The van der Waals surface area contributed by atoms with Gasteiger partial charge in [-0.3, -0.25) is 4.79 Å². The van der Waals surface area contributed by atoms with Crippen molar-refractivity contribution in [2.24, 2.45) is 5.92 Å². The number of anilines is 2. The number of pyridine rings is 1. The van der Waals surface area contributed by atoms with E-state index in [2.05, 4.69) is 25.8 Å². The van der Waals surface area contributed by atoms with Crippen molar-refractivity contribution in [2.75, 3.05) is 23.3 Å². The SMILES string of the molecule is CC(C)C(NC(=O)NCc1ccccc1)C(=O)Nc1ccc(N2CCCCC2)nc1. The van der Waals surface area contributed by atoms with Crippen LogP contribution in [0, 0.1) is 5.92 Å². The number of hydrogen-bond acceptors (Lipinski definition) is 4. The number of amides is 3. The molecule has 3 amide bonds. The summed E-state index contributed by atoms with van der Waals surface area (Å²) < 4.78 is 0. The fourth-order valence-corrected chi connectivity index (χ4v) is 3.50. The molecule has 2 heterocycles. The Bertz CT molecular complexity index is 817. The van der Waals surface area contributed by atoms with Crippen molar-refractivity contribution in [1.82, 2.24) is 15.6 Å². The molecule has 7 nitrogen and oxygen atoms in total. The molecule has 2 aromatic rings. The Morgan fingerprint density at radius 3 is 2.40 bits per heavy atom. The maximum absolute atomic E-state index is 12.8. The van der Waals surface area contributed by atoms with Gasteiger partial charge in [0.05, 0.1) is 11.9 Å². The van der Waals surface area contributed by atoms with Gasteiger partial charge in [-0.05, 0) is 42.9 Å². The lowest BCUT2D eigenvalue weighted by molar-refractivity contribution is -0.118. The van der Waals surface area contributed by atoms with Gasteiger partial charge in [-0.2, -0.15) is 0 Å². The van der Waals surface area contributed by atoms with Crippen LogP contribution in [0.4, 0.5) is 16.3 Å². The van der Waals surface area contributed by atoms with Crippen LogP contribution in [-0.2, 0) is 11.3 Å². The van der Waals surface area contributed by atoms with Crippen molar-refractivity contribution in [3.05, 3.63) is 54.2 Å². The molecular formula is C23H31N5O2. The predicted octanol–water partition coefficient (Wildman–Crippen LogP) is 3.53. The maximum Gasteiger partial charge on any atom is 0.315 e. The van der Waals surface area contributed by atoms with Crippen LogP contribution in [0.5, 0.6) is 0 Å². The van der Waals surface area contributed by atoms with Crippen LogP contribution in [0.15, 0.2) is 48.7 Å². The largest absolute Gasteiger partial charge is 0.357 e. The van der Waals surface area contributed by atoms with E-state index >= 15 is 0 Å². The zero-order valence-electron chi connectivity index (χ0n) is 17.7. The Morgan fingerprint density at radius 1 is 1.03 bits per heavy atom. The van der Waals surface area contributed by atoms with Gasteiger partial charge in [0.2, 0.25) is 5.91 Å².